The van der Waals surface area contributed by atoms with Crippen molar-refractivity contribution in [2.24, 2.45) is 4.99 Å². The Morgan fingerprint density at radius 1 is 1.36 bits per heavy atom. The fourth-order valence-electron chi connectivity index (χ4n) is 1.20. The van der Waals surface area contributed by atoms with Gasteiger partial charge in [0.25, 0.3) is 0 Å². The van der Waals surface area contributed by atoms with Crippen LogP contribution < -0.4 is 0 Å². The SMILES string of the molecule is C1=NCCc2ncncc2C1. The smallest absolute Gasteiger partial charge is 0.115 e. The van der Waals surface area contributed by atoms with Crippen molar-refractivity contribution >= 4 is 6.21 Å². The van der Waals surface area contributed by atoms with Gasteiger partial charge in [-0.3, -0.25) is 4.99 Å². The molecule has 11 heavy (non-hydrogen) atoms. The third-order valence-corrected chi connectivity index (χ3v) is 1.80. The highest BCUT2D eigenvalue weighted by molar-refractivity contribution is 5.62. The lowest BCUT2D eigenvalue weighted by Crippen LogP contribution is -1.97. The van der Waals surface area contributed by atoms with Crippen LogP contribution in [0.15, 0.2) is 17.5 Å². The molecule has 1 aromatic heterocycles. The van der Waals surface area contributed by atoms with Crippen LogP contribution in [0.1, 0.15) is 11.3 Å². The summed E-state index contributed by atoms with van der Waals surface area (Å²) in [5.41, 5.74) is 2.37. The van der Waals surface area contributed by atoms with Gasteiger partial charge >= 0.3 is 0 Å². The van der Waals surface area contributed by atoms with Crippen molar-refractivity contribution < 1.29 is 0 Å². The standard InChI is InChI=1S/C8H9N3/c1-3-9-4-2-8-7(1)5-10-6-11-8/h3,5-6H,1-2,4H2. The lowest BCUT2D eigenvalue weighted by molar-refractivity contribution is 0.908. The third-order valence-electron chi connectivity index (χ3n) is 1.80. The first-order chi connectivity index (χ1) is 5.47. The zero-order valence-corrected chi connectivity index (χ0v) is 6.20. The summed E-state index contributed by atoms with van der Waals surface area (Å²) in [5, 5.41) is 0. The van der Waals surface area contributed by atoms with Crippen molar-refractivity contribution in [3.8, 4) is 0 Å². The van der Waals surface area contributed by atoms with Gasteiger partial charge in [-0.2, -0.15) is 0 Å². The molecule has 1 aliphatic rings. The van der Waals surface area contributed by atoms with Crippen molar-refractivity contribution in [3.05, 3.63) is 23.8 Å². The fourth-order valence-corrected chi connectivity index (χ4v) is 1.20. The Balaban J connectivity index is 2.40. The van der Waals surface area contributed by atoms with Gasteiger partial charge in [-0.05, 0) is 5.56 Å². The molecule has 2 rings (SSSR count). The highest BCUT2D eigenvalue weighted by atomic mass is 14.8. The van der Waals surface area contributed by atoms with Gasteiger partial charge in [-0.1, -0.05) is 0 Å². The van der Waals surface area contributed by atoms with E-state index in [2.05, 4.69) is 15.0 Å². The maximum atomic E-state index is 4.19. The van der Waals surface area contributed by atoms with E-state index in [0.29, 0.717) is 0 Å². The van der Waals surface area contributed by atoms with E-state index in [9.17, 15) is 0 Å². The van der Waals surface area contributed by atoms with Crippen molar-refractivity contribution in [2.45, 2.75) is 12.8 Å². The molecule has 1 aromatic rings. The van der Waals surface area contributed by atoms with Gasteiger partial charge in [0.1, 0.15) is 6.33 Å². The predicted octanol–water partition coefficient (Wildman–Crippen LogP) is 0.646. The van der Waals surface area contributed by atoms with Gasteiger partial charge in [0.15, 0.2) is 0 Å². The summed E-state index contributed by atoms with van der Waals surface area (Å²) in [6, 6.07) is 0. The van der Waals surface area contributed by atoms with Crippen LogP contribution in [0.3, 0.4) is 0 Å². The minimum absolute atomic E-state index is 0.865. The molecule has 2 heterocycles. The number of hydrogen-bond donors (Lipinski definition) is 0. The first-order valence-corrected chi connectivity index (χ1v) is 3.73. The number of nitrogens with zero attached hydrogens (tertiary/aromatic N) is 3. The third kappa shape index (κ3) is 1.27. The highest BCUT2D eigenvalue weighted by Gasteiger charge is 2.04. The molecule has 56 valence electrons. The van der Waals surface area contributed by atoms with E-state index in [1.165, 1.54) is 5.56 Å². The average Bonchev–Trinajstić information content (AvgIpc) is 2.28. The summed E-state index contributed by atoms with van der Waals surface area (Å²) >= 11 is 0. The van der Waals surface area contributed by atoms with Crippen LogP contribution in [0.2, 0.25) is 0 Å². The summed E-state index contributed by atoms with van der Waals surface area (Å²) in [5.74, 6) is 0. The van der Waals surface area contributed by atoms with Crippen molar-refractivity contribution in [1.82, 2.24) is 9.97 Å². The second kappa shape index (κ2) is 2.78. The maximum Gasteiger partial charge on any atom is 0.115 e. The molecule has 0 radical (unpaired) electrons. The van der Waals surface area contributed by atoms with Crippen molar-refractivity contribution in [3.63, 3.8) is 0 Å². The van der Waals surface area contributed by atoms with E-state index in [4.69, 9.17) is 0 Å². The highest BCUT2D eigenvalue weighted by Crippen LogP contribution is 2.06. The van der Waals surface area contributed by atoms with Crippen LogP contribution >= 0.6 is 0 Å². The average molecular weight is 147 g/mol. The van der Waals surface area contributed by atoms with E-state index in [0.717, 1.165) is 25.1 Å². The van der Waals surface area contributed by atoms with Gasteiger partial charge < -0.3 is 0 Å². The topological polar surface area (TPSA) is 38.1 Å². The number of rotatable bonds is 0. The molecule has 0 N–H and O–H groups in total. The molecule has 1 aliphatic heterocycles. The Morgan fingerprint density at radius 3 is 3.36 bits per heavy atom. The van der Waals surface area contributed by atoms with Crippen LogP contribution in [-0.2, 0) is 12.8 Å². The van der Waals surface area contributed by atoms with E-state index in [-0.39, 0.29) is 0 Å². The molecule has 0 bridgehead atoms. The summed E-state index contributed by atoms with van der Waals surface area (Å²) in [6.45, 7) is 0.865. The molecule has 0 aliphatic carbocycles. The maximum absolute atomic E-state index is 4.19. The lowest BCUT2D eigenvalue weighted by atomic mass is 10.1. The summed E-state index contributed by atoms with van der Waals surface area (Å²) in [6.07, 6.45) is 7.25. The molecule has 0 saturated carbocycles. The van der Waals surface area contributed by atoms with Crippen LogP contribution in [0, 0.1) is 0 Å². The summed E-state index contributed by atoms with van der Waals surface area (Å²) in [4.78, 5) is 12.3. The Morgan fingerprint density at radius 2 is 2.36 bits per heavy atom. The summed E-state index contributed by atoms with van der Waals surface area (Å²) in [7, 11) is 0. The zero-order valence-electron chi connectivity index (χ0n) is 6.20. The zero-order chi connectivity index (χ0) is 7.52. The molecule has 0 atom stereocenters. The minimum Gasteiger partial charge on any atom is -0.297 e. The Labute approximate surface area is 65.2 Å². The molecule has 0 aromatic carbocycles. The van der Waals surface area contributed by atoms with Crippen molar-refractivity contribution in [2.75, 3.05) is 6.54 Å². The number of aliphatic imine (C=N–C) groups is 1. The molecule has 0 saturated heterocycles. The van der Waals surface area contributed by atoms with E-state index >= 15 is 0 Å². The molecule has 3 nitrogen and oxygen atoms in total. The minimum atomic E-state index is 0.865. The van der Waals surface area contributed by atoms with E-state index in [1.54, 1.807) is 6.33 Å². The van der Waals surface area contributed by atoms with Crippen molar-refractivity contribution in [1.29, 1.82) is 0 Å². The molecule has 3 heteroatoms. The van der Waals surface area contributed by atoms with Gasteiger partial charge in [0, 0.05) is 37.5 Å². The molecular weight excluding hydrogens is 138 g/mol. The number of hydrogen-bond acceptors (Lipinski definition) is 3. The molecule has 0 fully saturated rings. The van der Waals surface area contributed by atoms with Crippen LogP contribution in [0.5, 0.6) is 0 Å². The molecule has 0 unspecified atom stereocenters. The number of aromatic nitrogens is 2. The monoisotopic (exact) mass is 147 g/mol. The molecule has 0 spiro atoms. The molecular formula is C8H9N3. The summed E-state index contributed by atoms with van der Waals surface area (Å²) < 4.78 is 0. The normalized spacial score (nSPS) is 15.6. The second-order valence-electron chi connectivity index (χ2n) is 2.54. The van der Waals surface area contributed by atoms with Gasteiger partial charge in [0.2, 0.25) is 0 Å². The van der Waals surface area contributed by atoms with Crippen LogP contribution in [0.4, 0.5) is 0 Å². The Bertz CT molecular complexity index is 280. The second-order valence-corrected chi connectivity index (χ2v) is 2.54. The van der Waals surface area contributed by atoms with Gasteiger partial charge in [-0.25, -0.2) is 9.97 Å². The Hall–Kier alpha value is -1.25. The van der Waals surface area contributed by atoms with Gasteiger partial charge in [0.05, 0.1) is 0 Å². The van der Waals surface area contributed by atoms with Crippen LogP contribution in [-0.4, -0.2) is 22.7 Å². The molecule has 0 amide bonds. The fraction of sp³-hybridized carbons (Fsp3) is 0.375. The first-order valence-electron chi connectivity index (χ1n) is 3.73. The van der Waals surface area contributed by atoms with E-state index < -0.39 is 0 Å². The first kappa shape index (κ1) is 6.46. The quantitative estimate of drug-likeness (QED) is 0.540. The largest absolute Gasteiger partial charge is 0.297 e. The lowest BCUT2D eigenvalue weighted by Gasteiger charge is -1.99. The predicted molar refractivity (Wildman–Crippen MR) is 42.8 cm³/mol. The number of fused-ring (bicyclic) bond motifs is 1. The Kier molecular flexibility index (Phi) is 1.63. The van der Waals surface area contributed by atoms with Gasteiger partial charge in [-0.15, -0.1) is 0 Å². The van der Waals surface area contributed by atoms with Crippen LogP contribution in [0.25, 0.3) is 0 Å². The van der Waals surface area contributed by atoms with E-state index in [1.807, 2.05) is 12.4 Å².